The van der Waals surface area contributed by atoms with Crippen LogP contribution in [0.25, 0.3) is 0 Å². The minimum absolute atomic E-state index is 0.436. The number of fused-ring (bicyclic) bond motifs is 1. The zero-order valence-corrected chi connectivity index (χ0v) is 13.4. The smallest absolute Gasteiger partial charge is 0.0572 e. The number of halogens is 2. The van der Waals surface area contributed by atoms with Crippen LogP contribution in [0.2, 0.25) is 0 Å². The van der Waals surface area contributed by atoms with Gasteiger partial charge in [-0.15, -0.1) is 11.3 Å². The van der Waals surface area contributed by atoms with Crippen molar-refractivity contribution >= 4 is 43.2 Å². The highest BCUT2D eigenvalue weighted by molar-refractivity contribution is 9.11. The van der Waals surface area contributed by atoms with Crippen LogP contribution >= 0.6 is 43.2 Å². The molecule has 0 aliphatic heterocycles. The Morgan fingerprint density at radius 1 is 1.35 bits per heavy atom. The molecular formula is C14H12Br2S. The zero-order valence-electron chi connectivity index (χ0n) is 9.41. The summed E-state index contributed by atoms with van der Waals surface area (Å²) >= 11 is 9.42. The average molecular weight is 372 g/mol. The van der Waals surface area contributed by atoms with E-state index < -0.39 is 0 Å². The third kappa shape index (κ3) is 2.02. The molecule has 1 heterocycles. The summed E-state index contributed by atoms with van der Waals surface area (Å²) in [7, 11) is 0. The second-order valence-corrected chi connectivity index (χ2v) is 7.61. The fraction of sp³-hybridized carbons (Fsp3) is 0.286. The molecule has 1 aromatic heterocycles. The molecule has 2 unspecified atom stereocenters. The van der Waals surface area contributed by atoms with E-state index in [1.54, 1.807) is 0 Å². The lowest BCUT2D eigenvalue weighted by Crippen LogP contribution is -2.20. The van der Waals surface area contributed by atoms with Crippen molar-refractivity contribution in [3.05, 3.63) is 55.7 Å². The van der Waals surface area contributed by atoms with Crippen LogP contribution in [0.1, 0.15) is 31.6 Å². The number of thiophene rings is 1. The van der Waals surface area contributed by atoms with Gasteiger partial charge in [0.25, 0.3) is 0 Å². The first-order chi connectivity index (χ1) is 8.16. The molecule has 1 aromatic carbocycles. The van der Waals surface area contributed by atoms with Gasteiger partial charge in [-0.25, -0.2) is 0 Å². The molecule has 2 atom stereocenters. The Bertz CT molecular complexity index is 559. The van der Waals surface area contributed by atoms with Crippen molar-refractivity contribution < 1.29 is 0 Å². The molecule has 0 saturated carbocycles. The Balaban J connectivity index is 1.91. The van der Waals surface area contributed by atoms with Crippen LogP contribution in [-0.2, 0) is 6.42 Å². The molecule has 17 heavy (non-hydrogen) atoms. The van der Waals surface area contributed by atoms with Gasteiger partial charge in [-0.2, -0.15) is 0 Å². The first-order valence-electron chi connectivity index (χ1n) is 5.64. The predicted molar refractivity (Wildman–Crippen MR) is 81.3 cm³/mol. The Morgan fingerprint density at radius 3 is 2.76 bits per heavy atom. The minimum Gasteiger partial charge on any atom is -0.143 e. The van der Waals surface area contributed by atoms with Crippen molar-refractivity contribution in [2.45, 2.75) is 24.1 Å². The van der Waals surface area contributed by atoms with E-state index in [9.17, 15) is 0 Å². The number of rotatable bonds is 2. The highest BCUT2D eigenvalue weighted by Crippen LogP contribution is 2.51. The molecule has 0 saturated heterocycles. The number of benzene rings is 1. The topological polar surface area (TPSA) is 0 Å². The first kappa shape index (κ1) is 11.9. The van der Waals surface area contributed by atoms with Crippen molar-refractivity contribution in [2.24, 2.45) is 0 Å². The van der Waals surface area contributed by atoms with Gasteiger partial charge >= 0.3 is 0 Å². The number of hydrogen-bond acceptors (Lipinski definition) is 1. The summed E-state index contributed by atoms with van der Waals surface area (Å²) < 4.78 is 1.24. The number of hydrogen-bond donors (Lipinski definition) is 0. The van der Waals surface area contributed by atoms with Crippen LogP contribution < -0.4 is 0 Å². The molecular weight excluding hydrogens is 360 g/mol. The molecule has 0 radical (unpaired) electrons. The monoisotopic (exact) mass is 370 g/mol. The summed E-state index contributed by atoms with van der Waals surface area (Å²) in [5.41, 5.74) is 3.01. The van der Waals surface area contributed by atoms with E-state index in [0.717, 1.165) is 0 Å². The highest BCUT2D eigenvalue weighted by atomic mass is 79.9. The van der Waals surface area contributed by atoms with Crippen molar-refractivity contribution in [3.63, 3.8) is 0 Å². The molecule has 0 nitrogen and oxygen atoms in total. The third-order valence-corrected chi connectivity index (χ3v) is 6.79. The van der Waals surface area contributed by atoms with E-state index >= 15 is 0 Å². The molecule has 3 rings (SSSR count). The summed E-state index contributed by atoms with van der Waals surface area (Å²) in [5, 5.41) is 0. The van der Waals surface area contributed by atoms with Crippen molar-refractivity contribution in [1.29, 1.82) is 0 Å². The van der Waals surface area contributed by atoms with Gasteiger partial charge in [0.05, 0.1) is 4.83 Å². The Morgan fingerprint density at radius 2 is 2.12 bits per heavy atom. The van der Waals surface area contributed by atoms with Crippen molar-refractivity contribution in [3.8, 4) is 0 Å². The fourth-order valence-corrected chi connectivity index (χ4v) is 5.68. The van der Waals surface area contributed by atoms with Crippen molar-refractivity contribution in [2.75, 3.05) is 0 Å². The molecule has 0 amide bonds. The van der Waals surface area contributed by atoms with Gasteiger partial charge in [0.1, 0.15) is 0 Å². The summed E-state index contributed by atoms with van der Waals surface area (Å²) in [6.45, 7) is 2.16. The minimum atomic E-state index is 0.436. The zero-order chi connectivity index (χ0) is 12.0. The van der Waals surface area contributed by atoms with Gasteiger partial charge in [-0.05, 0) is 46.5 Å². The molecule has 1 aliphatic rings. The lowest BCUT2D eigenvalue weighted by atomic mass is 9.75. The normalized spacial score (nSPS) is 19.6. The Kier molecular flexibility index (Phi) is 3.18. The Labute approximate surface area is 122 Å². The number of alkyl halides is 1. The SMILES string of the molecule is Cc1cc(Br)c(C(Br)C2Cc3ccccc32)s1. The van der Waals surface area contributed by atoms with Crippen molar-refractivity contribution in [1.82, 2.24) is 0 Å². The second kappa shape index (κ2) is 4.52. The van der Waals surface area contributed by atoms with Gasteiger partial charge in [-0.1, -0.05) is 40.2 Å². The van der Waals surface area contributed by atoms with Crippen LogP contribution in [0.15, 0.2) is 34.8 Å². The lowest BCUT2D eigenvalue weighted by Gasteiger charge is -2.33. The molecule has 2 aromatic rings. The second-order valence-electron chi connectivity index (χ2n) is 4.48. The maximum atomic E-state index is 3.88. The maximum absolute atomic E-state index is 3.88. The highest BCUT2D eigenvalue weighted by Gasteiger charge is 2.33. The van der Waals surface area contributed by atoms with Gasteiger partial charge in [0, 0.05) is 20.1 Å². The van der Waals surface area contributed by atoms with E-state index in [2.05, 4.69) is 69.1 Å². The summed E-state index contributed by atoms with van der Waals surface area (Å²) in [6.07, 6.45) is 1.19. The predicted octanol–water partition coefficient (Wildman–Crippen LogP) is 5.59. The van der Waals surface area contributed by atoms with E-state index in [0.29, 0.717) is 10.7 Å². The van der Waals surface area contributed by atoms with Crippen LogP contribution in [-0.4, -0.2) is 0 Å². The van der Waals surface area contributed by atoms with Crippen LogP contribution in [0.5, 0.6) is 0 Å². The molecule has 1 aliphatic carbocycles. The van der Waals surface area contributed by atoms with Gasteiger partial charge in [0.15, 0.2) is 0 Å². The summed E-state index contributed by atoms with van der Waals surface area (Å²) in [6, 6.07) is 11.0. The molecule has 88 valence electrons. The van der Waals surface area contributed by atoms with E-state index in [-0.39, 0.29) is 0 Å². The lowest BCUT2D eigenvalue weighted by molar-refractivity contribution is 0.604. The van der Waals surface area contributed by atoms with Crippen LogP contribution in [0, 0.1) is 6.92 Å². The summed E-state index contributed by atoms with van der Waals surface area (Å²) in [5.74, 6) is 0.626. The summed E-state index contributed by atoms with van der Waals surface area (Å²) in [4.78, 5) is 3.22. The quantitative estimate of drug-likeness (QED) is 0.603. The molecule has 0 spiro atoms. The Hall–Kier alpha value is -0.120. The fourth-order valence-electron chi connectivity index (χ4n) is 2.43. The maximum Gasteiger partial charge on any atom is 0.0572 e. The largest absolute Gasteiger partial charge is 0.143 e. The molecule has 3 heteroatoms. The molecule has 0 N–H and O–H groups in total. The molecule has 0 fully saturated rings. The van der Waals surface area contributed by atoms with Crippen LogP contribution in [0.3, 0.4) is 0 Å². The van der Waals surface area contributed by atoms with Gasteiger partial charge in [0.2, 0.25) is 0 Å². The third-order valence-electron chi connectivity index (χ3n) is 3.33. The van der Waals surface area contributed by atoms with Gasteiger partial charge < -0.3 is 0 Å². The van der Waals surface area contributed by atoms with E-state index in [1.807, 2.05) is 11.3 Å². The van der Waals surface area contributed by atoms with Gasteiger partial charge in [-0.3, -0.25) is 0 Å². The van der Waals surface area contributed by atoms with Crippen LogP contribution in [0.4, 0.5) is 0 Å². The first-order valence-corrected chi connectivity index (χ1v) is 8.17. The van der Waals surface area contributed by atoms with E-state index in [1.165, 1.54) is 31.8 Å². The standard InChI is InChI=1S/C14H12Br2S/c1-8-6-12(15)14(17-8)13(16)11-7-9-4-2-3-5-10(9)11/h2-6,11,13H,7H2,1H3. The number of aryl methyl sites for hydroxylation is 1. The van der Waals surface area contributed by atoms with E-state index in [4.69, 9.17) is 0 Å². The molecule has 0 bridgehead atoms. The average Bonchev–Trinajstić information content (AvgIpc) is 2.59.